The van der Waals surface area contributed by atoms with Crippen molar-refractivity contribution in [1.29, 1.82) is 5.26 Å². The van der Waals surface area contributed by atoms with Gasteiger partial charge in [0, 0.05) is 19.7 Å². The zero-order valence-electron chi connectivity index (χ0n) is 11.7. The van der Waals surface area contributed by atoms with Crippen LogP contribution in [0.1, 0.15) is 11.1 Å². The molecular weight excluding hydrogens is 274 g/mol. The molecule has 0 aromatic heterocycles. The average molecular weight is 288 g/mol. The molecule has 0 radical (unpaired) electrons. The summed E-state index contributed by atoms with van der Waals surface area (Å²) < 4.78 is 32.0. The van der Waals surface area contributed by atoms with Crippen molar-refractivity contribution in [3.63, 3.8) is 0 Å². The first-order chi connectivity index (χ1) is 10.0. The van der Waals surface area contributed by atoms with Gasteiger partial charge in [0.1, 0.15) is 29.0 Å². The molecule has 0 heterocycles. The molecule has 0 spiro atoms. The molecule has 108 valence electrons. The molecular formula is C16H14F2N2O. The molecule has 0 saturated heterocycles. The molecule has 2 aromatic carbocycles. The minimum Gasteiger partial charge on any atom is -0.497 e. The van der Waals surface area contributed by atoms with E-state index in [2.05, 4.69) is 0 Å². The molecule has 0 aliphatic carbocycles. The van der Waals surface area contributed by atoms with Gasteiger partial charge in [-0.3, -0.25) is 0 Å². The minimum absolute atomic E-state index is 0.160. The van der Waals surface area contributed by atoms with Crippen LogP contribution in [-0.4, -0.2) is 14.2 Å². The van der Waals surface area contributed by atoms with Crippen molar-refractivity contribution in [2.45, 2.75) is 6.54 Å². The Labute approximate surface area is 122 Å². The fourth-order valence-electron chi connectivity index (χ4n) is 2.06. The van der Waals surface area contributed by atoms with Crippen LogP contribution in [0.15, 0.2) is 36.4 Å². The van der Waals surface area contributed by atoms with Gasteiger partial charge in [-0.2, -0.15) is 5.26 Å². The van der Waals surface area contributed by atoms with E-state index in [4.69, 9.17) is 10.00 Å². The molecule has 3 nitrogen and oxygen atoms in total. The van der Waals surface area contributed by atoms with Crippen LogP contribution >= 0.6 is 0 Å². The predicted molar refractivity (Wildman–Crippen MR) is 76.2 cm³/mol. The van der Waals surface area contributed by atoms with Crippen LogP contribution in [0.5, 0.6) is 5.75 Å². The molecule has 0 saturated carbocycles. The van der Waals surface area contributed by atoms with Gasteiger partial charge in [0.05, 0.1) is 12.8 Å². The van der Waals surface area contributed by atoms with Crippen LogP contribution < -0.4 is 9.64 Å². The van der Waals surface area contributed by atoms with E-state index in [1.807, 2.05) is 12.1 Å². The van der Waals surface area contributed by atoms with Crippen LogP contribution in [0.3, 0.4) is 0 Å². The summed E-state index contributed by atoms with van der Waals surface area (Å²) in [5.41, 5.74) is 1.00. The number of ether oxygens (including phenoxy) is 1. The number of rotatable bonds is 4. The number of halogens is 2. The van der Waals surface area contributed by atoms with Crippen LogP contribution in [0, 0.1) is 23.0 Å². The van der Waals surface area contributed by atoms with Crippen molar-refractivity contribution in [3.05, 3.63) is 59.2 Å². The molecule has 0 aliphatic heterocycles. The molecule has 5 heteroatoms. The SMILES string of the molecule is COc1ccc(CN(C)c2cc(F)cc(F)c2C#N)cc1. The number of hydrogen-bond donors (Lipinski definition) is 0. The number of benzene rings is 2. The number of nitriles is 1. The summed E-state index contributed by atoms with van der Waals surface area (Å²) >= 11 is 0. The van der Waals surface area contributed by atoms with Crippen molar-refractivity contribution in [3.8, 4) is 11.8 Å². The summed E-state index contributed by atoms with van der Waals surface area (Å²) in [5.74, 6) is -0.826. The number of methoxy groups -OCH3 is 1. The molecule has 0 aliphatic rings. The first-order valence-corrected chi connectivity index (χ1v) is 6.28. The minimum atomic E-state index is -0.853. The Morgan fingerprint density at radius 2 is 1.86 bits per heavy atom. The van der Waals surface area contributed by atoms with Gasteiger partial charge in [-0.1, -0.05) is 12.1 Å². The fourth-order valence-corrected chi connectivity index (χ4v) is 2.06. The summed E-state index contributed by atoms with van der Waals surface area (Å²) in [4.78, 5) is 1.63. The van der Waals surface area contributed by atoms with E-state index < -0.39 is 11.6 Å². The molecule has 0 amide bonds. The molecule has 0 unspecified atom stereocenters. The highest BCUT2D eigenvalue weighted by molar-refractivity contribution is 5.60. The second-order valence-corrected chi connectivity index (χ2v) is 4.60. The lowest BCUT2D eigenvalue weighted by molar-refractivity contribution is 0.414. The first-order valence-electron chi connectivity index (χ1n) is 6.28. The lowest BCUT2D eigenvalue weighted by Gasteiger charge is -2.21. The largest absolute Gasteiger partial charge is 0.497 e. The standard InChI is InChI=1S/C16H14F2N2O/c1-20(10-11-3-5-13(21-2)6-4-11)16-8-12(17)7-15(18)14(16)9-19/h3-8H,10H2,1-2H3. The third-order valence-corrected chi connectivity index (χ3v) is 3.14. The van der Waals surface area contributed by atoms with Gasteiger partial charge in [0.2, 0.25) is 0 Å². The van der Waals surface area contributed by atoms with Gasteiger partial charge in [0.15, 0.2) is 0 Å². The topological polar surface area (TPSA) is 36.3 Å². The Balaban J connectivity index is 2.27. The van der Waals surface area contributed by atoms with Gasteiger partial charge in [-0.15, -0.1) is 0 Å². The molecule has 0 N–H and O–H groups in total. The van der Waals surface area contributed by atoms with Crippen LogP contribution in [0.4, 0.5) is 14.5 Å². The van der Waals surface area contributed by atoms with E-state index >= 15 is 0 Å². The van der Waals surface area contributed by atoms with Crippen LogP contribution in [0.2, 0.25) is 0 Å². The van der Waals surface area contributed by atoms with E-state index in [1.54, 1.807) is 37.3 Å². The van der Waals surface area contributed by atoms with E-state index in [1.165, 1.54) is 0 Å². The quantitative estimate of drug-likeness (QED) is 0.864. The third kappa shape index (κ3) is 3.29. The maximum Gasteiger partial charge on any atom is 0.145 e. The second-order valence-electron chi connectivity index (χ2n) is 4.60. The van der Waals surface area contributed by atoms with Crippen molar-refractivity contribution >= 4 is 5.69 Å². The fraction of sp³-hybridized carbons (Fsp3) is 0.188. The smallest absolute Gasteiger partial charge is 0.145 e. The van der Waals surface area contributed by atoms with Gasteiger partial charge in [0.25, 0.3) is 0 Å². The summed E-state index contributed by atoms with van der Waals surface area (Å²) in [6, 6.07) is 11.0. The van der Waals surface area contributed by atoms with E-state index in [0.717, 1.165) is 17.4 Å². The molecule has 0 fully saturated rings. The Kier molecular flexibility index (Phi) is 4.39. The van der Waals surface area contributed by atoms with Gasteiger partial charge in [-0.05, 0) is 23.8 Å². The normalized spacial score (nSPS) is 10.0. The highest BCUT2D eigenvalue weighted by atomic mass is 19.1. The Morgan fingerprint density at radius 3 is 2.43 bits per heavy atom. The highest BCUT2D eigenvalue weighted by Crippen LogP contribution is 2.25. The molecule has 0 atom stereocenters. The van der Waals surface area contributed by atoms with Gasteiger partial charge >= 0.3 is 0 Å². The zero-order chi connectivity index (χ0) is 15.4. The maximum absolute atomic E-state index is 13.6. The van der Waals surface area contributed by atoms with Crippen LogP contribution in [0.25, 0.3) is 0 Å². The Bertz CT molecular complexity index is 678. The first kappa shape index (κ1) is 14.8. The average Bonchev–Trinajstić information content (AvgIpc) is 2.47. The maximum atomic E-state index is 13.6. The lowest BCUT2D eigenvalue weighted by Crippen LogP contribution is -2.18. The summed E-state index contributed by atoms with van der Waals surface area (Å²) in [7, 11) is 3.26. The van der Waals surface area contributed by atoms with Gasteiger partial charge < -0.3 is 9.64 Å². The second kappa shape index (κ2) is 6.23. The summed E-state index contributed by atoms with van der Waals surface area (Å²) in [6.07, 6.45) is 0. The van der Waals surface area contributed by atoms with Crippen molar-refractivity contribution in [2.24, 2.45) is 0 Å². The molecule has 2 rings (SSSR count). The van der Waals surface area contributed by atoms with E-state index in [-0.39, 0.29) is 11.3 Å². The molecule has 2 aromatic rings. The number of anilines is 1. The lowest BCUT2D eigenvalue weighted by atomic mass is 10.1. The van der Waals surface area contributed by atoms with Crippen LogP contribution in [-0.2, 0) is 6.54 Å². The number of hydrogen-bond acceptors (Lipinski definition) is 3. The zero-order valence-corrected chi connectivity index (χ0v) is 11.7. The monoisotopic (exact) mass is 288 g/mol. The van der Waals surface area contributed by atoms with Crippen molar-refractivity contribution in [2.75, 3.05) is 19.1 Å². The predicted octanol–water partition coefficient (Wildman–Crippen LogP) is 3.48. The van der Waals surface area contributed by atoms with E-state index in [0.29, 0.717) is 12.6 Å². The van der Waals surface area contributed by atoms with Gasteiger partial charge in [-0.25, -0.2) is 8.78 Å². The molecule has 21 heavy (non-hydrogen) atoms. The number of nitrogens with zero attached hydrogens (tertiary/aromatic N) is 2. The Morgan fingerprint density at radius 1 is 1.19 bits per heavy atom. The summed E-state index contributed by atoms with van der Waals surface area (Å²) in [6.45, 7) is 0.418. The van der Waals surface area contributed by atoms with E-state index in [9.17, 15) is 8.78 Å². The van der Waals surface area contributed by atoms with Crippen molar-refractivity contribution in [1.82, 2.24) is 0 Å². The third-order valence-electron chi connectivity index (χ3n) is 3.14. The summed E-state index contributed by atoms with van der Waals surface area (Å²) in [5, 5.41) is 9.02. The van der Waals surface area contributed by atoms with Crippen molar-refractivity contribution < 1.29 is 13.5 Å². The highest BCUT2D eigenvalue weighted by Gasteiger charge is 2.14. The molecule has 0 bridgehead atoms. The Hall–Kier alpha value is -2.61.